The van der Waals surface area contributed by atoms with Gasteiger partial charge in [0.2, 0.25) is 0 Å². The summed E-state index contributed by atoms with van der Waals surface area (Å²) < 4.78 is 0. The topological polar surface area (TPSA) is 244 Å². The fourth-order valence-corrected chi connectivity index (χ4v) is 5.21. The van der Waals surface area contributed by atoms with E-state index in [1.54, 1.807) is 0 Å². The van der Waals surface area contributed by atoms with Crippen LogP contribution in [0.2, 0.25) is 20.1 Å². The van der Waals surface area contributed by atoms with Gasteiger partial charge in [-0.15, -0.1) is 0 Å². The SMILES string of the molecule is Cc1c(Cl)cc(C(=O)c2cc(Cl)c(CO)c(C(=O)O)c2)cc1C(=O)O.O=C(c1cc(Cl)c(O)c(C(=O)O)c1)c1cc(Cl)c(O)c(C(=O)O)c1. The van der Waals surface area contributed by atoms with Gasteiger partial charge in [-0.1, -0.05) is 46.4 Å². The van der Waals surface area contributed by atoms with Crippen molar-refractivity contribution in [3.05, 3.63) is 124 Å². The minimum absolute atomic E-state index is 0.0149. The number of aliphatic hydroxyl groups excluding tert-OH is 1. The van der Waals surface area contributed by atoms with Crippen molar-refractivity contribution < 1.29 is 64.5 Å². The van der Waals surface area contributed by atoms with E-state index in [0.29, 0.717) is 5.56 Å². The summed E-state index contributed by atoms with van der Waals surface area (Å²) in [6.45, 7) is 0.907. The highest BCUT2D eigenvalue weighted by molar-refractivity contribution is 6.35. The summed E-state index contributed by atoms with van der Waals surface area (Å²) in [5, 5.41) is 64.1. The highest BCUT2D eigenvalue weighted by Gasteiger charge is 2.23. The number of rotatable bonds is 9. The Hall–Kier alpha value is -5.18. The zero-order valence-electron chi connectivity index (χ0n) is 24.4. The molecule has 4 aromatic rings. The molecule has 0 aliphatic carbocycles. The van der Waals surface area contributed by atoms with Gasteiger partial charge in [0.15, 0.2) is 11.6 Å². The van der Waals surface area contributed by atoms with Crippen molar-refractivity contribution in [3.63, 3.8) is 0 Å². The Morgan fingerprint density at radius 1 is 0.490 bits per heavy atom. The first-order valence-electron chi connectivity index (χ1n) is 13.1. The second-order valence-corrected chi connectivity index (χ2v) is 11.5. The van der Waals surface area contributed by atoms with Crippen LogP contribution in [0.1, 0.15) is 84.4 Å². The van der Waals surface area contributed by atoms with Crippen LogP contribution in [0.5, 0.6) is 11.5 Å². The molecule has 4 rings (SSSR count). The fraction of sp³-hybridized carbons (Fsp3) is 0.0625. The summed E-state index contributed by atoms with van der Waals surface area (Å²) in [7, 11) is 0. The molecule has 17 heteroatoms. The van der Waals surface area contributed by atoms with E-state index in [9.17, 15) is 54.3 Å². The number of hydrogen-bond donors (Lipinski definition) is 7. The van der Waals surface area contributed by atoms with Crippen molar-refractivity contribution in [1.29, 1.82) is 0 Å². The molecule has 0 bridgehead atoms. The minimum atomic E-state index is -1.50. The van der Waals surface area contributed by atoms with E-state index in [2.05, 4.69) is 0 Å². The standard InChI is InChI=1S/C17H12Cl2O6.C15H8Cl2O7/c1-7-10(16(22)23)2-8(4-13(7)18)15(21)9-3-11(17(24)25)12(6-20)14(19)5-9;16-9-3-5(1-7(12(9)19)14(21)22)11(18)6-2-8(15(23)24)13(20)10(17)4-6/h2-5,20H,6H2,1H3,(H,22,23)(H,24,25);1-4,19-20H,(H,21,22)(H,23,24). The number of phenols is 2. The third-order valence-electron chi connectivity index (χ3n) is 6.80. The molecule has 13 nitrogen and oxygen atoms in total. The Morgan fingerprint density at radius 2 is 0.796 bits per heavy atom. The van der Waals surface area contributed by atoms with Crippen molar-refractivity contribution in [2.45, 2.75) is 13.5 Å². The van der Waals surface area contributed by atoms with E-state index in [0.717, 1.165) is 30.3 Å². The number of ketones is 2. The first kappa shape index (κ1) is 38.3. The van der Waals surface area contributed by atoms with Crippen LogP contribution in [0.15, 0.2) is 48.5 Å². The summed E-state index contributed by atoms with van der Waals surface area (Å²) in [6.07, 6.45) is 0. The Kier molecular flexibility index (Phi) is 12.0. The van der Waals surface area contributed by atoms with Crippen LogP contribution >= 0.6 is 46.4 Å². The maximum absolute atomic E-state index is 12.6. The smallest absolute Gasteiger partial charge is 0.339 e. The highest BCUT2D eigenvalue weighted by atomic mass is 35.5. The van der Waals surface area contributed by atoms with Crippen LogP contribution < -0.4 is 0 Å². The summed E-state index contributed by atoms with van der Waals surface area (Å²) >= 11 is 23.4. The van der Waals surface area contributed by atoms with Gasteiger partial charge in [-0.25, -0.2) is 19.2 Å². The van der Waals surface area contributed by atoms with Crippen LogP contribution in [0, 0.1) is 6.92 Å². The molecule has 0 saturated heterocycles. The molecule has 0 amide bonds. The van der Waals surface area contributed by atoms with E-state index in [1.807, 2.05) is 0 Å². The number of aromatic carboxylic acids is 4. The maximum atomic E-state index is 12.6. The summed E-state index contributed by atoms with van der Waals surface area (Å²) in [4.78, 5) is 69.8. The highest BCUT2D eigenvalue weighted by Crippen LogP contribution is 2.33. The zero-order chi connectivity index (χ0) is 37.1. The number of carbonyl (C=O) groups is 6. The summed E-state index contributed by atoms with van der Waals surface area (Å²) in [5.41, 5.74) is -1.80. The quantitative estimate of drug-likeness (QED) is 0.0909. The van der Waals surface area contributed by atoms with Gasteiger partial charge in [-0.3, -0.25) is 9.59 Å². The second-order valence-electron chi connectivity index (χ2n) is 9.86. The number of benzene rings is 4. The number of carboxylic acid groups (broad SMARTS) is 4. The lowest BCUT2D eigenvalue weighted by molar-refractivity contribution is 0.0682. The largest absolute Gasteiger partial charge is 0.505 e. The molecule has 0 aliphatic heterocycles. The number of carboxylic acids is 4. The van der Waals surface area contributed by atoms with Crippen LogP contribution in [-0.2, 0) is 6.61 Å². The van der Waals surface area contributed by atoms with Crippen LogP contribution in [0.3, 0.4) is 0 Å². The molecule has 7 N–H and O–H groups in total. The van der Waals surface area contributed by atoms with Gasteiger partial charge in [0, 0.05) is 37.9 Å². The van der Waals surface area contributed by atoms with E-state index >= 15 is 0 Å². The van der Waals surface area contributed by atoms with E-state index < -0.39 is 64.7 Å². The molecule has 0 aliphatic rings. The minimum Gasteiger partial charge on any atom is -0.505 e. The Labute approximate surface area is 294 Å². The number of aromatic hydroxyl groups is 2. The molecule has 49 heavy (non-hydrogen) atoms. The number of aliphatic hydroxyl groups is 1. The number of hydrogen-bond acceptors (Lipinski definition) is 9. The molecule has 0 atom stereocenters. The predicted molar refractivity (Wildman–Crippen MR) is 174 cm³/mol. The molecule has 4 aromatic carbocycles. The van der Waals surface area contributed by atoms with Gasteiger partial charge in [0.05, 0.1) is 27.8 Å². The average Bonchev–Trinajstić information content (AvgIpc) is 3.03. The van der Waals surface area contributed by atoms with Crippen molar-refractivity contribution in [2.24, 2.45) is 0 Å². The summed E-state index contributed by atoms with van der Waals surface area (Å²) in [6, 6.07) is 8.63. The molecule has 0 radical (unpaired) electrons. The predicted octanol–water partition coefficient (Wildman–Crippen LogP) is 6.45. The fourth-order valence-electron chi connectivity index (χ4n) is 4.27. The van der Waals surface area contributed by atoms with E-state index in [4.69, 9.17) is 56.6 Å². The summed E-state index contributed by atoms with van der Waals surface area (Å²) in [5.74, 6) is -8.42. The zero-order valence-corrected chi connectivity index (χ0v) is 27.4. The van der Waals surface area contributed by atoms with Crippen molar-refractivity contribution >= 4 is 81.8 Å². The molecule has 0 unspecified atom stereocenters. The lowest BCUT2D eigenvalue weighted by Gasteiger charge is -2.11. The molecular formula is C32H20Cl4O13. The van der Waals surface area contributed by atoms with Crippen LogP contribution in [0.4, 0.5) is 0 Å². The molecular weight excluding hydrogens is 734 g/mol. The van der Waals surface area contributed by atoms with Gasteiger partial charge in [-0.05, 0) is 61.0 Å². The monoisotopic (exact) mass is 752 g/mol. The molecule has 0 fully saturated rings. The van der Waals surface area contributed by atoms with Gasteiger partial charge >= 0.3 is 23.9 Å². The molecule has 254 valence electrons. The third kappa shape index (κ3) is 8.28. The van der Waals surface area contributed by atoms with Crippen molar-refractivity contribution in [3.8, 4) is 11.5 Å². The first-order chi connectivity index (χ1) is 22.8. The molecule has 0 aromatic heterocycles. The van der Waals surface area contributed by atoms with E-state index in [1.165, 1.54) is 25.1 Å². The first-order valence-corrected chi connectivity index (χ1v) is 14.6. The maximum Gasteiger partial charge on any atom is 0.339 e. The molecule has 0 spiro atoms. The van der Waals surface area contributed by atoms with Crippen LogP contribution in [-0.4, -0.2) is 71.2 Å². The van der Waals surface area contributed by atoms with Gasteiger partial charge in [0.1, 0.15) is 22.6 Å². The Morgan fingerprint density at radius 3 is 1.14 bits per heavy atom. The van der Waals surface area contributed by atoms with Crippen LogP contribution in [0.25, 0.3) is 0 Å². The van der Waals surface area contributed by atoms with Gasteiger partial charge in [0.25, 0.3) is 0 Å². The molecule has 0 saturated carbocycles. The van der Waals surface area contributed by atoms with Crippen molar-refractivity contribution in [1.82, 2.24) is 0 Å². The van der Waals surface area contributed by atoms with Gasteiger partial charge in [-0.2, -0.15) is 0 Å². The lowest BCUT2D eigenvalue weighted by Crippen LogP contribution is -2.10. The average molecular weight is 754 g/mol. The lowest BCUT2D eigenvalue weighted by atomic mass is 9.96. The third-order valence-corrected chi connectivity index (χ3v) is 8.10. The number of halogens is 4. The van der Waals surface area contributed by atoms with Gasteiger partial charge < -0.3 is 35.7 Å². The van der Waals surface area contributed by atoms with Crippen molar-refractivity contribution in [2.75, 3.05) is 0 Å². The second kappa shape index (κ2) is 15.4. The Balaban J connectivity index is 0.000000266. The normalized spacial score (nSPS) is 10.5. The number of carbonyl (C=O) groups excluding carboxylic acids is 2. The molecule has 0 heterocycles. The Bertz CT molecular complexity index is 2020. The van der Waals surface area contributed by atoms with E-state index in [-0.39, 0.29) is 59.0 Å².